The van der Waals surface area contributed by atoms with Crippen molar-refractivity contribution in [3.63, 3.8) is 0 Å². The van der Waals surface area contributed by atoms with E-state index in [-0.39, 0.29) is 30.6 Å². The van der Waals surface area contributed by atoms with Gasteiger partial charge in [0, 0.05) is 6.54 Å². The van der Waals surface area contributed by atoms with Crippen LogP contribution in [-0.2, 0) is 22.6 Å². The molecule has 0 atom stereocenters. The molecule has 8 nitrogen and oxygen atoms in total. The lowest BCUT2D eigenvalue weighted by atomic mass is 10.2. The highest BCUT2D eigenvalue weighted by atomic mass is 19.1. The van der Waals surface area contributed by atoms with Crippen LogP contribution in [0.2, 0.25) is 0 Å². The number of methoxy groups -OCH3 is 1. The van der Waals surface area contributed by atoms with Crippen LogP contribution in [-0.4, -0.2) is 34.1 Å². The molecule has 0 spiro atoms. The minimum atomic E-state index is -0.673. The third-order valence-electron chi connectivity index (χ3n) is 2.64. The van der Waals surface area contributed by atoms with Gasteiger partial charge < -0.3 is 10.1 Å². The predicted octanol–water partition coefficient (Wildman–Crippen LogP) is 0.912. The van der Waals surface area contributed by atoms with Crippen molar-refractivity contribution < 1.29 is 18.7 Å². The Hall–Kier alpha value is -2.97. The first kappa shape index (κ1) is 15.4. The van der Waals surface area contributed by atoms with Gasteiger partial charge in [0.15, 0.2) is 5.82 Å². The molecule has 116 valence electrons. The number of rotatable bonds is 5. The number of ether oxygens (including phenoxy) is 1. The van der Waals surface area contributed by atoms with Gasteiger partial charge in [-0.05, 0) is 17.7 Å². The number of hydrogen-bond acceptors (Lipinski definition) is 5. The Bertz CT molecular complexity index is 656. The molecule has 0 fully saturated rings. The van der Waals surface area contributed by atoms with E-state index in [0.717, 1.165) is 10.4 Å². The topological polar surface area (TPSA) is 98.1 Å². The van der Waals surface area contributed by atoms with E-state index < -0.39 is 6.09 Å². The minimum Gasteiger partial charge on any atom is -0.453 e. The number of nitrogens with one attached hydrogen (secondary N) is 2. The second-order valence-corrected chi connectivity index (χ2v) is 4.28. The molecule has 2 amide bonds. The smallest absolute Gasteiger partial charge is 0.412 e. The first-order valence-electron chi connectivity index (χ1n) is 6.33. The van der Waals surface area contributed by atoms with Crippen LogP contribution in [0.1, 0.15) is 5.56 Å². The van der Waals surface area contributed by atoms with Crippen molar-refractivity contribution in [3.8, 4) is 0 Å². The highest BCUT2D eigenvalue weighted by molar-refractivity contribution is 5.82. The van der Waals surface area contributed by atoms with Crippen LogP contribution >= 0.6 is 0 Å². The number of aromatic nitrogens is 3. The van der Waals surface area contributed by atoms with Gasteiger partial charge in [-0.25, -0.2) is 9.18 Å². The molecule has 0 bridgehead atoms. The predicted molar refractivity (Wildman–Crippen MR) is 74.3 cm³/mol. The Labute approximate surface area is 125 Å². The molecule has 1 heterocycles. The quantitative estimate of drug-likeness (QED) is 0.855. The number of anilines is 1. The fourth-order valence-corrected chi connectivity index (χ4v) is 1.57. The zero-order valence-electron chi connectivity index (χ0n) is 11.7. The zero-order chi connectivity index (χ0) is 15.9. The highest BCUT2D eigenvalue weighted by Gasteiger charge is 2.08. The molecule has 22 heavy (non-hydrogen) atoms. The maximum absolute atomic E-state index is 12.7. The molecule has 2 aromatic rings. The van der Waals surface area contributed by atoms with Crippen LogP contribution in [0.25, 0.3) is 0 Å². The van der Waals surface area contributed by atoms with Gasteiger partial charge in [-0.1, -0.05) is 12.1 Å². The van der Waals surface area contributed by atoms with Crippen molar-refractivity contribution in [2.75, 3.05) is 12.4 Å². The van der Waals surface area contributed by atoms with Crippen molar-refractivity contribution in [2.24, 2.45) is 0 Å². The molecule has 2 rings (SSSR count). The summed E-state index contributed by atoms with van der Waals surface area (Å²) < 4.78 is 17.2. The van der Waals surface area contributed by atoms with Crippen LogP contribution < -0.4 is 10.6 Å². The number of nitrogens with zero attached hydrogens (tertiary/aromatic N) is 3. The maximum atomic E-state index is 12.7. The molecule has 0 unspecified atom stereocenters. The second kappa shape index (κ2) is 7.16. The fraction of sp³-hybridized carbons (Fsp3) is 0.231. The summed E-state index contributed by atoms with van der Waals surface area (Å²) in [5.74, 6) is -0.468. The lowest BCUT2D eigenvalue weighted by Gasteiger charge is -2.05. The third-order valence-corrected chi connectivity index (χ3v) is 2.64. The van der Waals surface area contributed by atoms with E-state index in [0.29, 0.717) is 0 Å². The van der Waals surface area contributed by atoms with E-state index in [1.165, 1.54) is 25.4 Å². The van der Waals surface area contributed by atoms with Crippen LogP contribution in [0.4, 0.5) is 15.0 Å². The average molecular weight is 307 g/mol. The van der Waals surface area contributed by atoms with Crippen molar-refractivity contribution in [3.05, 3.63) is 41.8 Å². The summed E-state index contributed by atoms with van der Waals surface area (Å²) in [6.07, 6.45) is 0.622. The number of benzene rings is 1. The average Bonchev–Trinajstić information content (AvgIpc) is 2.93. The molecule has 0 saturated heterocycles. The highest BCUT2D eigenvalue weighted by Crippen LogP contribution is 2.02. The lowest BCUT2D eigenvalue weighted by molar-refractivity contribution is -0.122. The Kier molecular flexibility index (Phi) is 5.02. The molecule has 0 radical (unpaired) electrons. The molecule has 0 aliphatic rings. The number of hydrogen-bond donors (Lipinski definition) is 2. The van der Waals surface area contributed by atoms with E-state index in [1.807, 2.05) is 0 Å². The zero-order valence-corrected chi connectivity index (χ0v) is 11.7. The molecule has 0 aliphatic heterocycles. The molecular formula is C13H14FN5O3. The third kappa shape index (κ3) is 4.54. The van der Waals surface area contributed by atoms with Gasteiger partial charge in [0.1, 0.15) is 12.4 Å². The summed E-state index contributed by atoms with van der Waals surface area (Å²) in [5, 5.41) is 12.7. The first-order chi connectivity index (χ1) is 10.6. The van der Waals surface area contributed by atoms with Gasteiger partial charge in [0.05, 0.1) is 13.3 Å². The SMILES string of the molecule is COC(=O)Nc1cnn(CC(=O)NCc2ccc(F)cc2)n1. The molecule has 1 aromatic heterocycles. The largest absolute Gasteiger partial charge is 0.453 e. The lowest BCUT2D eigenvalue weighted by Crippen LogP contribution is -2.28. The number of amides is 2. The van der Waals surface area contributed by atoms with Crippen molar-refractivity contribution in [1.29, 1.82) is 0 Å². The van der Waals surface area contributed by atoms with Gasteiger partial charge in [-0.3, -0.25) is 10.1 Å². The Morgan fingerprint density at radius 2 is 2.05 bits per heavy atom. The molecular weight excluding hydrogens is 293 g/mol. The Morgan fingerprint density at radius 3 is 2.73 bits per heavy atom. The van der Waals surface area contributed by atoms with Gasteiger partial charge in [-0.15, -0.1) is 5.10 Å². The summed E-state index contributed by atoms with van der Waals surface area (Å²) in [6.45, 7) is 0.164. The van der Waals surface area contributed by atoms with E-state index in [9.17, 15) is 14.0 Å². The van der Waals surface area contributed by atoms with Gasteiger partial charge in [-0.2, -0.15) is 9.90 Å². The molecule has 0 saturated carbocycles. The maximum Gasteiger partial charge on any atom is 0.412 e. The van der Waals surface area contributed by atoms with Crippen molar-refractivity contribution in [2.45, 2.75) is 13.1 Å². The van der Waals surface area contributed by atoms with Crippen LogP contribution in [0.5, 0.6) is 0 Å². The van der Waals surface area contributed by atoms with Crippen molar-refractivity contribution in [1.82, 2.24) is 20.3 Å². The summed E-state index contributed by atoms with van der Waals surface area (Å²) >= 11 is 0. The van der Waals surface area contributed by atoms with E-state index in [2.05, 4.69) is 25.6 Å². The molecule has 2 N–H and O–H groups in total. The Morgan fingerprint density at radius 1 is 1.32 bits per heavy atom. The van der Waals surface area contributed by atoms with Gasteiger partial charge >= 0.3 is 6.09 Å². The van der Waals surface area contributed by atoms with Crippen LogP contribution in [0.15, 0.2) is 30.5 Å². The van der Waals surface area contributed by atoms with Crippen LogP contribution in [0, 0.1) is 5.82 Å². The summed E-state index contributed by atoms with van der Waals surface area (Å²) in [6, 6.07) is 5.81. The monoisotopic (exact) mass is 307 g/mol. The van der Waals surface area contributed by atoms with Crippen molar-refractivity contribution >= 4 is 17.8 Å². The molecule has 1 aromatic carbocycles. The van der Waals surface area contributed by atoms with Crippen LogP contribution in [0.3, 0.4) is 0 Å². The fourth-order valence-electron chi connectivity index (χ4n) is 1.57. The van der Waals surface area contributed by atoms with E-state index >= 15 is 0 Å². The summed E-state index contributed by atoms with van der Waals surface area (Å²) in [5.41, 5.74) is 0.774. The second-order valence-electron chi connectivity index (χ2n) is 4.28. The number of carbonyl (C=O) groups excluding carboxylic acids is 2. The number of halogens is 1. The molecule has 9 heteroatoms. The van der Waals surface area contributed by atoms with E-state index in [1.54, 1.807) is 12.1 Å². The number of carbonyl (C=O) groups is 2. The van der Waals surface area contributed by atoms with Gasteiger partial charge in [0.2, 0.25) is 5.91 Å². The first-order valence-corrected chi connectivity index (χ1v) is 6.33. The normalized spacial score (nSPS) is 10.1. The summed E-state index contributed by atoms with van der Waals surface area (Å²) in [7, 11) is 1.22. The Balaban J connectivity index is 1.81. The summed E-state index contributed by atoms with van der Waals surface area (Å²) in [4.78, 5) is 23.9. The molecule has 0 aliphatic carbocycles. The van der Waals surface area contributed by atoms with E-state index in [4.69, 9.17) is 0 Å². The standard InChI is InChI=1S/C13H14FN5O3/c1-22-13(21)17-11-7-16-19(18-11)8-12(20)15-6-9-2-4-10(14)5-3-9/h2-5,7H,6,8H2,1H3,(H,15,20)(H,17,18,21). The van der Waals surface area contributed by atoms with Gasteiger partial charge in [0.25, 0.3) is 0 Å². The minimum absolute atomic E-state index is 0.107.